The van der Waals surface area contributed by atoms with E-state index in [-0.39, 0.29) is 0 Å². The number of rotatable bonds is 2. The van der Waals surface area contributed by atoms with E-state index < -0.39 is 23.7 Å². The van der Waals surface area contributed by atoms with Gasteiger partial charge in [0, 0.05) is 16.0 Å². The summed E-state index contributed by atoms with van der Waals surface area (Å²) in [5.41, 5.74) is 0. The van der Waals surface area contributed by atoms with Crippen LogP contribution < -0.4 is 0 Å². The molecule has 0 aromatic rings. The van der Waals surface area contributed by atoms with Crippen molar-refractivity contribution in [1.29, 1.82) is 0 Å². The van der Waals surface area contributed by atoms with Crippen LogP contribution in [0.5, 0.6) is 0 Å². The van der Waals surface area contributed by atoms with Crippen molar-refractivity contribution in [3.05, 3.63) is 0 Å². The van der Waals surface area contributed by atoms with Gasteiger partial charge in [-0.1, -0.05) is 31.9 Å². The topological polar surface area (TPSA) is 40.5 Å². The van der Waals surface area contributed by atoms with Crippen LogP contribution >= 0.6 is 31.9 Å². The van der Waals surface area contributed by atoms with E-state index in [0.717, 1.165) is 0 Å². The van der Waals surface area contributed by atoms with Crippen LogP contribution in [-0.2, 0) is 0 Å². The highest BCUT2D eigenvalue weighted by molar-refractivity contribution is 9.09. The van der Waals surface area contributed by atoms with E-state index in [9.17, 15) is 0 Å². The molecule has 0 fully saturated rings. The highest BCUT2D eigenvalue weighted by atomic mass is 79.9. The molecule has 0 aliphatic rings. The predicted molar refractivity (Wildman–Crippen MR) is 41.8 cm³/mol. The molecule has 0 saturated heterocycles. The first-order chi connectivity index (χ1) is 6.50. The molecule has 0 amide bonds. The van der Waals surface area contributed by atoms with Crippen LogP contribution in [0.15, 0.2) is 0 Å². The molecule has 0 unspecified atom stereocenters. The Kier molecular flexibility index (Phi) is 4.88. The van der Waals surface area contributed by atoms with Crippen molar-refractivity contribution < 1.29 is 21.2 Å². The van der Waals surface area contributed by atoms with Gasteiger partial charge in [-0.25, -0.2) is 0 Å². The standard InChI is InChI=1S/2C2H5BrO/c2*3-1-2-4/h2*4H,1-2H2/i2*1D2,2D2. The van der Waals surface area contributed by atoms with Gasteiger partial charge in [0.15, 0.2) is 0 Å². The van der Waals surface area contributed by atoms with E-state index in [1.165, 1.54) is 0 Å². The van der Waals surface area contributed by atoms with E-state index in [0.29, 0.717) is 0 Å². The minimum absolute atomic E-state index is 2.31. The van der Waals surface area contributed by atoms with Crippen LogP contribution in [0, 0.1) is 0 Å². The lowest BCUT2D eigenvalue weighted by molar-refractivity contribution is 0.323. The maximum Gasteiger partial charge on any atom is 0.0572 e. The Hall–Kier alpha value is 0.880. The molecular formula is C4H10Br2O2. The molecule has 0 aromatic carbocycles. The number of hydrogen-bond donors (Lipinski definition) is 2. The Morgan fingerprint density at radius 2 is 1.25 bits per heavy atom. The van der Waals surface area contributed by atoms with Gasteiger partial charge in [0.05, 0.1) is 18.6 Å². The average Bonchev–Trinajstić information content (AvgIpc) is 1.77. The molecule has 0 aliphatic heterocycles. The van der Waals surface area contributed by atoms with Gasteiger partial charge in [0.1, 0.15) is 0 Å². The van der Waals surface area contributed by atoms with Gasteiger partial charge >= 0.3 is 0 Å². The summed E-state index contributed by atoms with van der Waals surface area (Å²) in [6, 6.07) is 0. The van der Waals surface area contributed by atoms with Crippen LogP contribution in [0.2, 0.25) is 0 Å². The van der Waals surface area contributed by atoms with Gasteiger partial charge in [-0.2, -0.15) is 0 Å². The highest BCUT2D eigenvalue weighted by Crippen LogP contribution is 1.70. The summed E-state index contributed by atoms with van der Waals surface area (Å²) in [5, 5.41) is 11.8. The summed E-state index contributed by atoms with van der Waals surface area (Å²) in [4.78, 5) is 0. The van der Waals surface area contributed by atoms with Crippen molar-refractivity contribution >= 4 is 31.9 Å². The maximum atomic E-state index is 8.27. The van der Waals surface area contributed by atoms with E-state index in [1.54, 1.807) is 0 Å². The zero-order valence-corrected chi connectivity index (χ0v) is 6.82. The second-order valence-corrected chi connectivity index (χ2v) is 1.21. The quantitative estimate of drug-likeness (QED) is 0.717. The zero-order valence-electron chi connectivity index (χ0n) is 11.7. The second-order valence-electron chi connectivity index (χ2n) is 0.413. The van der Waals surface area contributed by atoms with Crippen molar-refractivity contribution in [2.24, 2.45) is 0 Å². The molecule has 0 bridgehead atoms. The Bertz CT molecular complexity index is 162. The number of aliphatic hydroxyl groups is 2. The first-order valence-electron chi connectivity index (χ1n) is 5.33. The molecule has 2 nitrogen and oxygen atoms in total. The normalized spacial score (nSPS) is 29.5. The van der Waals surface area contributed by atoms with Crippen molar-refractivity contribution in [3.63, 3.8) is 0 Å². The first kappa shape index (κ1) is 2.49. The lowest BCUT2D eigenvalue weighted by atomic mass is 10.9. The van der Waals surface area contributed by atoms with Crippen molar-refractivity contribution in [3.8, 4) is 0 Å². The summed E-state index contributed by atoms with van der Waals surface area (Å²) in [7, 11) is 0. The summed E-state index contributed by atoms with van der Waals surface area (Å²) in [6.45, 7) is -5.62. The molecule has 52 valence electrons. The van der Waals surface area contributed by atoms with E-state index in [2.05, 4.69) is 31.9 Å². The summed E-state index contributed by atoms with van der Waals surface area (Å²) in [6.07, 6.45) is 0. The Labute approximate surface area is 77.4 Å². The van der Waals surface area contributed by atoms with Crippen LogP contribution in [0.25, 0.3) is 0 Å². The van der Waals surface area contributed by atoms with Crippen LogP contribution in [0.1, 0.15) is 11.0 Å². The number of hydrogen-bond acceptors (Lipinski definition) is 2. The second kappa shape index (κ2) is 15.7. The summed E-state index contributed by atoms with van der Waals surface area (Å²) >= 11 is 4.61. The Morgan fingerprint density at radius 3 is 1.25 bits per heavy atom. The molecule has 8 heavy (non-hydrogen) atoms. The fourth-order valence-corrected chi connectivity index (χ4v) is 0. The van der Waals surface area contributed by atoms with Crippen LogP contribution in [-0.4, -0.2) is 33.9 Å². The zero-order chi connectivity index (χ0) is 14.0. The van der Waals surface area contributed by atoms with Gasteiger partial charge < -0.3 is 10.2 Å². The fraction of sp³-hybridized carbons (Fsp3) is 1.00. The lowest BCUT2D eigenvalue weighted by Gasteiger charge is -1.67. The van der Waals surface area contributed by atoms with Gasteiger partial charge in [0.25, 0.3) is 0 Å². The minimum atomic E-state index is -2.81. The van der Waals surface area contributed by atoms with Gasteiger partial charge in [-0.15, -0.1) is 0 Å². The molecule has 4 heteroatoms. The average molecular weight is 258 g/mol. The predicted octanol–water partition coefficient (Wildman–Crippen LogP) is 0.747. The third-order valence-electron chi connectivity index (χ3n) is 0.0845. The maximum absolute atomic E-state index is 8.27. The van der Waals surface area contributed by atoms with Gasteiger partial charge in [-0.05, 0) is 0 Å². The Balaban J connectivity index is 0. The third-order valence-corrected chi connectivity index (χ3v) is 0.439. The van der Waals surface area contributed by atoms with Crippen LogP contribution in [0.4, 0.5) is 0 Å². The lowest BCUT2D eigenvalue weighted by Crippen LogP contribution is -1.75. The highest BCUT2D eigenvalue weighted by Gasteiger charge is 1.59. The molecule has 0 heterocycles. The van der Waals surface area contributed by atoms with Crippen LogP contribution in [0.3, 0.4) is 0 Å². The smallest absolute Gasteiger partial charge is 0.0572 e. The van der Waals surface area contributed by atoms with Gasteiger partial charge in [-0.3, -0.25) is 0 Å². The van der Waals surface area contributed by atoms with E-state index >= 15 is 0 Å². The third kappa shape index (κ3) is 28.7. The largest absolute Gasteiger partial charge is 0.396 e. The minimum Gasteiger partial charge on any atom is -0.396 e. The Morgan fingerprint density at radius 1 is 1.12 bits per heavy atom. The summed E-state index contributed by atoms with van der Waals surface area (Å²) < 4.78 is 51.7. The molecule has 2 N–H and O–H groups in total. The monoisotopic (exact) mass is 256 g/mol. The fourth-order valence-electron chi connectivity index (χ4n) is 0. The van der Waals surface area contributed by atoms with E-state index in [4.69, 9.17) is 21.2 Å². The number of halogens is 2. The van der Waals surface area contributed by atoms with Crippen molar-refractivity contribution in [2.45, 2.75) is 0 Å². The molecule has 0 atom stereocenters. The van der Waals surface area contributed by atoms with Crippen molar-refractivity contribution in [2.75, 3.05) is 23.7 Å². The molecule has 0 saturated carbocycles. The summed E-state index contributed by atoms with van der Waals surface area (Å²) in [5.74, 6) is 0. The number of alkyl halides is 2. The molecule has 0 rings (SSSR count). The SMILES string of the molecule is [2H]C([2H])(O)C([2H])([2H])Br.[2H]C([2H])(O)C([2H])([2H])Br. The molecular weight excluding hydrogens is 240 g/mol. The first-order valence-corrected chi connectivity index (χ1v) is 2.91. The molecule has 0 aliphatic carbocycles. The van der Waals surface area contributed by atoms with E-state index in [1.807, 2.05) is 0 Å². The molecule has 0 aromatic heterocycles. The van der Waals surface area contributed by atoms with Gasteiger partial charge in [0.2, 0.25) is 0 Å². The molecule has 0 radical (unpaired) electrons. The van der Waals surface area contributed by atoms with Crippen molar-refractivity contribution in [1.82, 2.24) is 0 Å². The molecule has 0 spiro atoms.